The third-order valence-electron chi connectivity index (χ3n) is 3.87. The van der Waals surface area contributed by atoms with Gasteiger partial charge in [0, 0.05) is 17.4 Å². The smallest absolute Gasteiger partial charge is 0.272 e. The van der Waals surface area contributed by atoms with Gasteiger partial charge in [0.2, 0.25) is 0 Å². The normalized spacial score (nSPS) is 10.5. The van der Waals surface area contributed by atoms with Crippen molar-refractivity contribution in [3.8, 4) is 17.5 Å². The SMILES string of the molecule is N#Cc1ccc2nc(-c3ccc(NC(=O)c4ccc[nH]4)cc3)[nH]c2c1. The lowest BCUT2D eigenvalue weighted by atomic mass is 10.2. The van der Waals surface area contributed by atoms with Gasteiger partial charge < -0.3 is 15.3 Å². The highest BCUT2D eigenvalue weighted by atomic mass is 16.1. The number of nitriles is 1. The van der Waals surface area contributed by atoms with Crippen LogP contribution in [-0.4, -0.2) is 20.9 Å². The molecule has 25 heavy (non-hydrogen) atoms. The van der Waals surface area contributed by atoms with Crippen molar-refractivity contribution in [1.82, 2.24) is 15.0 Å². The Morgan fingerprint density at radius 1 is 1.12 bits per heavy atom. The number of carbonyl (C=O) groups is 1. The van der Waals surface area contributed by atoms with E-state index in [4.69, 9.17) is 5.26 Å². The van der Waals surface area contributed by atoms with Crippen LogP contribution >= 0.6 is 0 Å². The largest absolute Gasteiger partial charge is 0.357 e. The highest BCUT2D eigenvalue weighted by Crippen LogP contribution is 2.23. The highest BCUT2D eigenvalue weighted by Gasteiger charge is 2.08. The Labute approximate surface area is 143 Å². The number of benzene rings is 2. The molecule has 2 aromatic carbocycles. The molecule has 6 nitrogen and oxygen atoms in total. The van der Waals surface area contributed by atoms with Crippen LogP contribution in [0.25, 0.3) is 22.4 Å². The summed E-state index contributed by atoms with van der Waals surface area (Å²) in [6.45, 7) is 0. The third kappa shape index (κ3) is 2.86. The van der Waals surface area contributed by atoms with Crippen molar-refractivity contribution in [2.75, 3.05) is 5.32 Å². The molecule has 4 aromatic rings. The molecule has 0 saturated heterocycles. The lowest BCUT2D eigenvalue weighted by Gasteiger charge is -2.04. The molecule has 0 saturated carbocycles. The number of nitrogens with zero attached hydrogens (tertiary/aromatic N) is 2. The summed E-state index contributed by atoms with van der Waals surface area (Å²) in [5, 5.41) is 11.8. The molecule has 0 unspecified atom stereocenters. The Kier molecular flexibility index (Phi) is 3.52. The Morgan fingerprint density at radius 2 is 1.96 bits per heavy atom. The Hall–Kier alpha value is -3.85. The predicted octanol–water partition coefficient (Wildman–Crippen LogP) is 3.68. The predicted molar refractivity (Wildman–Crippen MR) is 95.0 cm³/mol. The molecule has 0 aliphatic heterocycles. The van der Waals surface area contributed by atoms with E-state index in [1.807, 2.05) is 30.3 Å². The summed E-state index contributed by atoms with van der Waals surface area (Å²) < 4.78 is 0. The molecule has 0 aliphatic carbocycles. The first-order valence-electron chi connectivity index (χ1n) is 7.68. The van der Waals surface area contributed by atoms with E-state index in [9.17, 15) is 4.79 Å². The monoisotopic (exact) mass is 327 g/mol. The van der Waals surface area contributed by atoms with Crippen molar-refractivity contribution in [2.45, 2.75) is 0 Å². The van der Waals surface area contributed by atoms with Gasteiger partial charge in [0.1, 0.15) is 11.5 Å². The standard InChI is InChI=1S/C19H13N5O/c20-11-12-3-8-15-17(10-12)24-18(23-15)13-4-6-14(7-5-13)22-19(25)16-2-1-9-21-16/h1-10,21H,(H,22,25)(H,23,24). The van der Waals surface area contributed by atoms with Crippen molar-refractivity contribution in [1.29, 1.82) is 5.26 Å². The molecule has 0 fully saturated rings. The van der Waals surface area contributed by atoms with E-state index >= 15 is 0 Å². The van der Waals surface area contributed by atoms with E-state index in [1.54, 1.807) is 30.5 Å². The van der Waals surface area contributed by atoms with E-state index in [1.165, 1.54) is 0 Å². The summed E-state index contributed by atoms with van der Waals surface area (Å²) in [7, 11) is 0. The number of H-pyrrole nitrogens is 2. The van der Waals surface area contributed by atoms with Crippen LogP contribution in [0, 0.1) is 11.3 Å². The molecular weight excluding hydrogens is 314 g/mol. The van der Waals surface area contributed by atoms with E-state index in [2.05, 4.69) is 26.3 Å². The van der Waals surface area contributed by atoms with Gasteiger partial charge in [-0.15, -0.1) is 0 Å². The first-order valence-corrected chi connectivity index (χ1v) is 7.68. The summed E-state index contributed by atoms with van der Waals surface area (Å²) >= 11 is 0. The van der Waals surface area contributed by atoms with Gasteiger partial charge >= 0.3 is 0 Å². The molecule has 0 atom stereocenters. The number of amides is 1. The molecule has 6 heteroatoms. The van der Waals surface area contributed by atoms with E-state index in [0.717, 1.165) is 16.6 Å². The van der Waals surface area contributed by atoms with Crippen LogP contribution in [0.5, 0.6) is 0 Å². The average molecular weight is 327 g/mol. The summed E-state index contributed by atoms with van der Waals surface area (Å²) in [5.74, 6) is 0.526. The Morgan fingerprint density at radius 3 is 2.68 bits per heavy atom. The van der Waals surface area contributed by atoms with Crippen LogP contribution in [0.1, 0.15) is 16.1 Å². The zero-order valence-electron chi connectivity index (χ0n) is 13.1. The number of aromatic nitrogens is 3. The van der Waals surface area contributed by atoms with Crippen LogP contribution in [0.15, 0.2) is 60.8 Å². The van der Waals surface area contributed by atoms with E-state index in [-0.39, 0.29) is 5.91 Å². The van der Waals surface area contributed by atoms with Gasteiger partial charge in [-0.25, -0.2) is 4.98 Å². The second kappa shape index (κ2) is 5.98. The van der Waals surface area contributed by atoms with Gasteiger partial charge in [0.05, 0.1) is 22.7 Å². The summed E-state index contributed by atoms with van der Waals surface area (Å²) in [6.07, 6.45) is 1.71. The Balaban J connectivity index is 1.57. The number of hydrogen-bond acceptors (Lipinski definition) is 3. The second-order valence-electron chi connectivity index (χ2n) is 5.54. The van der Waals surface area contributed by atoms with Crippen molar-refractivity contribution < 1.29 is 4.79 Å². The van der Waals surface area contributed by atoms with Crippen LogP contribution in [0.4, 0.5) is 5.69 Å². The zero-order valence-corrected chi connectivity index (χ0v) is 13.1. The lowest BCUT2D eigenvalue weighted by molar-refractivity contribution is 0.102. The molecule has 0 bridgehead atoms. The maximum absolute atomic E-state index is 12.0. The van der Waals surface area contributed by atoms with Gasteiger partial charge in [-0.05, 0) is 54.6 Å². The molecule has 120 valence electrons. The molecule has 0 radical (unpaired) electrons. The number of anilines is 1. The zero-order chi connectivity index (χ0) is 17.2. The van der Waals surface area contributed by atoms with Crippen molar-refractivity contribution in [3.63, 3.8) is 0 Å². The van der Waals surface area contributed by atoms with Crippen LogP contribution < -0.4 is 5.32 Å². The summed E-state index contributed by atoms with van der Waals surface area (Å²) in [4.78, 5) is 22.6. The Bertz CT molecular complexity index is 1090. The number of nitrogens with one attached hydrogen (secondary N) is 3. The van der Waals surface area contributed by atoms with Gasteiger partial charge in [-0.2, -0.15) is 5.26 Å². The van der Waals surface area contributed by atoms with Crippen LogP contribution in [0.3, 0.4) is 0 Å². The average Bonchev–Trinajstić information content (AvgIpc) is 3.31. The van der Waals surface area contributed by atoms with Crippen LogP contribution in [-0.2, 0) is 0 Å². The molecule has 2 aromatic heterocycles. The van der Waals surface area contributed by atoms with Gasteiger partial charge in [0.25, 0.3) is 5.91 Å². The minimum atomic E-state index is -0.189. The number of imidazole rings is 1. The van der Waals surface area contributed by atoms with Crippen LogP contribution in [0.2, 0.25) is 0 Å². The molecule has 0 spiro atoms. The fraction of sp³-hybridized carbons (Fsp3) is 0. The minimum Gasteiger partial charge on any atom is -0.357 e. The molecule has 2 heterocycles. The quantitative estimate of drug-likeness (QED) is 0.535. The van der Waals surface area contributed by atoms with E-state index in [0.29, 0.717) is 22.8 Å². The van der Waals surface area contributed by atoms with Crippen molar-refractivity contribution in [3.05, 3.63) is 72.1 Å². The molecule has 3 N–H and O–H groups in total. The maximum atomic E-state index is 12.0. The third-order valence-corrected chi connectivity index (χ3v) is 3.87. The minimum absolute atomic E-state index is 0.189. The van der Waals surface area contributed by atoms with Gasteiger partial charge in [-0.1, -0.05) is 0 Å². The molecule has 4 rings (SSSR count). The first kappa shape index (κ1) is 14.7. The number of aromatic amines is 2. The molecule has 0 aliphatic rings. The molecule has 1 amide bonds. The number of fused-ring (bicyclic) bond motifs is 1. The number of hydrogen-bond donors (Lipinski definition) is 3. The van der Waals surface area contributed by atoms with Crippen molar-refractivity contribution in [2.24, 2.45) is 0 Å². The van der Waals surface area contributed by atoms with E-state index < -0.39 is 0 Å². The maximum Gasteiger partial charge on any atom is 0.272 e. The number of rotatable bonds is 3. The number of carbonyl (C=O) groups excluding carboxylic acids is 1. The highest BCUT2D eigenvalue weighted by molar-refractivity contribution is 6.03. The first-order chi connectivity index (χ1) is 12.2. The topological polar surface area (TPSA) is 97.4 Å². The lowest BCUT2D eigenvalue weighted by Crippen LogP contribution is -2.11. The van der Waals surface area contributed by atoms with Gasteiger partial charge in [0.15, 0.2) is 0 Å². The fourth-order valence-corrected chi connectivity index (χ4v) is 2.60. The van der Waals surface area contributed by atoms with Gasteiger partial charge in [-0.3, -0.25) is 4.79 Å². The fourth-order valence-electron chi connectivity index (χ4n) is 2.60. The second-order valence-corrected chi connectivity index (χ2v) is 5.54. The summed E-state index contributed by atoms with van der Waals surface area (Å²) in [6, 6.07) is 18.4. The van der Waals surface area contributed by atoms with Crippen molar-refractivity contribution >= 4 is 22.6 Å². The molecular formula is C19H13N5O. The summed E-state index contributed by atoms with van der Waals surface area (Å²) in [5.41, 5.74) is 4.31.